The lowest BCUT2D eigenvalue weighted by Gasteiger charge is -2.05. The van der Waals surface area contributed by atoms with Crippen LogP contribution < -0.4 is 15.8 Å². The molecule has 12 heteroatoms. The number of rotatable bonds is 8. The molecule has 0 aliphatic carbocycles. The lowest BCUT2D eigenvalue weighted by atomic mass is 10.2. The van der Waals surface area contributed by atoms with Crippen molar-refractivity contribution >= 4 is 44.3 Å². The third-order valence-electron chi connectivity index (χ3n) is 4.04. The number of primary sulfonamides is 1. The molecule has 2 aromatic carbocycles. The van der Waals surface area contributed by atoms with Gasteiger partial charge in [0.25, 0.3) is 11.8 Å². The van der Waals surface area contributed by atoms with Crippen molar-refractivity contribution in [2.45, 2.75) is 11.5 Å². The van der Waals surface area contributed by atoms with Crippen LogP contribution in [-0.2, 0) is 26.2 Å². The molecular formula is C20H18N4O6S2. The van der Waals surface area contributed by atoms with Gasteiger partial charge in [0.1, 0.15) is 18.8 Å². The molecule has 10 nitrogen and oxygen atoms in total. The maximum absolute atomic E-state index is 12.3. The Bertz CT molecular complexity index is 1220. The molecule has 0 aliphatic rings. The first kappa shape index (κ1) is 23.1. The maximum atomic E-state index is 12.3. The number of anilines is 1. The molecule has 3 aromatic rings. The van der Waals surface area contributed by atoms with Crippen molar-refractivity contribution in [3.05, 3.63) is 76.8 Å². The van der Waals surface area contributed by atoms with E-state index in [1.807, 2.05) is 30.3 Å². The molecule has 32 heavy (non-hydrogen) atoms. The minimum atomic E-state index is -3.86. The first-order valence-electron chi connectivity index (χ1n) is 9.10. The van der Waals surface area contributed by atoms with Crippen LogP contribution in [0.4, 0.5) is 5.13 Å². The van der Waals surface area contributed by atoms with Crippen molar-refractivity contribution in [3.63, 3.8) is 0 Å². The zero-order valence-electron chi connectivity index (χ0n) is 16.5. The van der Waals surface area contributed by atoms with Crippen LogP contribution in [0.15, 0.2) is 64.9 Å². The molecule has 0 saturated carbocycles. The Labute approximate surface area is 187 Å². The second-order valence-electron chi connectivity index (χ2n) is 6.39. The zero-order chi connectivity index (χ0) is 23.1. The fourth-order valence-electron chi connectivity index (χ4n) is 2.43. The van der Waals surface area contributed by atoms with Gasteiger partial charge in [-0.3, -0.25) is 19.7 Å². The first-order chi connectivity index (χ1) is 15.2. The van der Waals surface area contributed by atoms with Gasteiger partial charge < -0.3 is 10.1 Å². The van der Waals surface area contributed by atoms with Gasteiger partial charge in [-0.15, -0.1) is 11.3 Å². The molecule has 0 spiro atoms. The number of carbonyl (C=O) groups is 3. The van der Waals surface area contributed by atoms with Gasteiger partial charge in [-0.2, -0.15) is 0 Å². The Kier molecular flexibility index (Phi) is 7.30. The van der Waals surface area contributed by atoms with Crippen molar-refractivity contribution in [3.8, 4) is 0 Å². The number of esters is 1. The molecule has 0 radical (unpaired) electrons. The summed E-state index contributed by atoms with van der Waals surface area (Å²) in [5.41, 5.74) is 1.02. The Morgan fingerprint density at radius 3 is 2.34 bits per heavy atom. The van der Waals surface area contributed by atoms with Crippen LogP contribution in [0.5, 0.6) is 0 Å². The van der Waals surface area contributed by atoms with E-state index >= 15 is 0 Å². The highest BCUT2D eigenvalue weighted by atomic mass is 32.2. The predicted molar refractivity (Wildman–Crippen MR) is 116 cm³/mol. The molecule has 1 aromatic heterocycles. The van der Waals surface area contributed by atoms with E-state index in [1.165, 1.54) is 29.6 Å². The van der Waals surface area contributed by atoms with Gasteiger partial charge in [0, 0.05) is 10.9 Å². The van der Waals surface area contributed by atoms with Crippen molar-refractivity contribution in [1.82, 2.24) is 10.3 Å². The summed E-state index contributed by atoms with van der Waals surface area (Å²) < 4.78 is 27.6. The summed E-state index contributed by atoms with van der Waals surface area (Å²) in [7, 11) is -3.86. The third kappa shape index (κ3) is 6.44. The lowest BCUT2D eigenvalue weighted by Crippen LogP contribution is -2.30. The van der Waals surface area contributed by atoms with Gasteiger partial charge in [-0.25, -0.2) is 18.5 Å². The van der Waals surface area contributed by atoms with E-state index < -0.39 is 27.8 Å². The molecule has 0 aliphatic heterocycles. The summed E-state index contributed by atoms with van der Waals surface area (Å²) in [6.45, 7) is -0.234. The molecular weight excluding hydrogens is 456 g/mol. The number of carbonyl (C=O) groups excluding carboxylic acids is 3. The topological polar surface area (TPSA) is 158 Å². The van der Waals surface area contributed by atoms with Crippen molar-refractivity contribution in [1.29, 1.82) is 0 Å². The number of hydrogen-bond acceptors (Lipinski definition) is 8. The predicted octanol–water partition coefficient (Wildman–Crippen LogP) is 1.52. The number of sulfonamides is 1. The molecule has 1 heterocycles. The second kappa shape index (κ2) is 10.1. The van der Waals surface area contributed by atoms with Crippen LogP contribution in [0.25, 0.3) is 0 Å². The molecule has 2 amide bonds. The smallest absolute Gasteiger partial charge is 0.325 e. The Balaban J connectivity index is 1.49. The van der Waals surface area contributed by atoms with E-state index in [0.29, 0.717) is 0 Å². The number of amides is 2. The fourth-order valence-corrected chi connectivity index (χ4v) is 3.63. The quantitative estimate of drug-likeness (QED) is 0.418. The maximum Gasteiger partial charge on any atom is 0.325 e. The highest BCUT2D eigenvalue weighted by molar-refractivity contribution is 7.89. The summed E-state index contributed by atoms with van der Waals surface area (Å²) >= 11 is 1.01. The largest absolute Gasteiger partial charge is 0.460 e. The molecule has 166 valence electrons. The van der Waals surface area contributed by atoms with Gasteiger partial charge in [0.05, 0.1) is 4.90 Å². The highest BCUT2D eigenvalue weighted by Crippen LogP contribution is 2.17. The van der Waals surface area contributed by atoms with Crippen LogP contribution in [0.1, 0.15) is 26.4 Å². The Hall–Kier alpha value is -3.61. The number of thiazole rings is 1. The van der Waals surface area contributed by atoms with Crippen LogP contribution in [0.2, 0.25) is 0 Å². The Morgan fingerprint density at radius 1 is 1.00 bits per heavy atom. The summed E-state index contributed by atoms with van der Waals surface area (Å²) in [5.74, 6) is -1.75. The number of ether oxygens (including phenoxy) is 1. The van der Waals surface area contributed by atoms with E-state index in [1.54, 1.807) is 0 Å². The average Bonchev–Trinajstić information content (AvgIpc) is 3.24. The molecule has 0 unspecified atom stereocenters. The Morgan fingerprint density at radius 2 is 1.69 bits per heavy atom. The average molecular weight is 475 g/mol. The molecule has 0 atom stereocenters. The van der Waals surface area contributed by atoms with Crippen molar-refractivity contribution in [2.24, 2.45) is 5.14 Å². The minimum absolute atomic E-state index is 0.0192. The first-order valence-corrected chi connectivity index (χ1v) is 11.5. The number of aromatic nitrogens is 1. The minimum Gasteiger partial charge on any atom is -0.460 e. The van der Waals surface area contributed by atoms with E-state index in [2.05, 4.69) is 15.6 Å². The van der Waals surface area contributed by atoms with E-state index in [4.69, 9.17) is 9.88 Å². The third-order valence-corrected chi connectivity index (χ3v) is 5.73. The second-order valence-corrected chi connectivity index (χ2v) is 8.81. The van der Waals surface area contributed by atoms with Gasteiger partial charge in [-0.1, -0.05) is 30.3 Å². The van der Waals surface area contributed by atoms with E-state index in [0.717, 1.165) is 16.9 Å². The van der Waals surface area contributed by atoms with Crippen LogP contribution in [-0.4, -0.2) is 37.7 Å². The summed E-state index contributed by atoms with van der Waals surface area (Å²) in [6, 6.07) is 14.1. The SMILES string of the molecule is NS(=O)(=O)c1ccc(C(=O)Nc2nc(C(=O)NCC(=O)OCc3ccccc3)cs2)cc1. The number of nitrogens with two attached hydrogens (primary N) is 1. The fraction of sp³-hybridized carbons (Fsp3) is 0.100. The normalized spacial score (nSPS) is 10.9. The van der Waals surface area contributed by atoms with Gasteiger partial charge >= 0.3 is 5.97 Å². The monoisotopic (exact) mass is 474 g/mol. The lowest BCUT2D eigenvalue weighted by molar-refractivity contribution is -0.143. The van der Waals surface area contributed by atoms with Crippen molar-refractivity contribution in [2.75, 3.05) is 11.9 Å². The molecule has 3 rings (SSSR count). The number of nitrogens with zero attached hydrogens (tertiary/aromatic N) is 1. The number of nitrogens with one attached hydrogen (secondary N) is 2. The molecule has 4 N–H and O–H groups in total. The number of benzene rings is 2. The van der Waals surface area contributed by atoms with Crippen LogP contribution in [0, 0.1) is 0 Å². The van der Waals surface area contributed by atoms with Gasteiger partial charge in [-0.05, 0) is 29.8 Å². The zero-order valence-corrected chi connectivity index (χ0v) is 18.1. The standard InChI is InChI=1S/C20H18N4O6S2/c21-32(28,29)15-8-6-14(7-9-15)18(26)24-20-23-16(12-31-20)19(27)22-10-17(25)30-11-13-4-2-1-3-5-13/h1-9,12H,10-11H2,(H,22,27)(H2,21,28,29)(H,23,24,26). The number of hydrogen-bond donors (Lipinski definition) is 3. The van der Waals surface area contributed by atoms with Gasteiger partial charge in [0.2, 0.25) is 10.0 Å². The van der Waals surface area contributed by atoms with E-state index in [9.17, 15) is 22.8 Å². The summed E-state index contributed by atoms with van der Waals surface area (Å²) in [4.78, 5) is 40.1. The van der Waals surface area contributed by atoms with Gasteiger partial charge in [0.15, 0.2) is 5.13 Å². The molecule has 0 bridgehead atoms. The summed E-state index contributed by atoms with van der Waals surface area (Å²) in [5, 5.41) is 11.5. The van der Waals surface area contributed by atoms with Crippen molar-refractivity contribution < 1.29 is 27.5 Å². The summed E-state index contributed by atoms with van der Waals surface area (Å²) in [6.07, 6.45) is 0. The molecule has 0 fully saturated rings. The van der Waals surface area contributed by atoms with Crippen LogP contribution in [0.3, 0.4) is 0 Å². The van der Waals surface area contributed by atoms with Crippen LogP contribution >= 0.6 is 11.3 Å². The molecule has 0 saturated heterocycles. The van der Waals surface area contributed by atoms with E-state index in [-0.39, 0.29) is 34.4 Å². The highest BCUT2D eigenvalue weighted by Gasteiger charge is 2.15.